The lowest BCUT2D eigenvalue weighted by molar-refractivity contribution is 0.543. The van der Waals surface area contributed by atoms with Crippen LogP contribution in [-0.2, 0) is 6.42 Å². The van der Waals surface area contributed by atoms with Crippen molar-refractivity contribution in [1.29, 1.82) is 0 Å². The summed E-state index contributed by atoms with van der Waals surface area (Å²) in [6, 6.07) is 6.28. The number of nitrogens with zero attached hydrogens (tertiary/aromatic N) is 3. The third kappa shape index (κ3) is 2.64. The van der Waals surface area contributed by atoms with Crippen molar-refractivity contribution in [2.75, 3.05) is 0 Å². The van der Waals surface area contributed by atoms with Crippen LogP contribution in [0.5, 0.6) is 0 Å². The van der Waals surface area contributed by atoms with E-state index in [0.717, 1.165) is 32.8 Å². The Morgan fingerprint density at radius 2 is 2.30 bits per heavy atom. The second-order valence-electron chi connectivity index (χ2n) is 4.86. The summed E-state index contributed by atoms with van der Waals surface area (Å²) in [6.45, 7) is 4.18. The van der Waals surface area contributed by atoms with Crippen LogP contribution in [0.4, 0.5) is 0 Å². The van der Waals surface area contributed by atoms with Crippen molar-refractivity contribution >= 4 is 22.9 Å². The standard InChI is InChI=1S/C14H15ClN4S/c1-9-7-11(18-17-9)8-10(2)19-6-5-16-14(19)12-3-4-13(15)20-12/h3-7,10H,8H2,1-2H3,(H,17,18)/t10-/m0/s1. The molecule has 0 saturated heterocycles. The van der Waals surface area contributed by atoms with E-state index in [-0.39, 0.29) is 6.04 Å². The predicted octanol–water partition coefficient (Wildman–Crippen LogP) is 4.10. The summed E-state index contributed by atoms with van der Waals surface area (Å²) in [4.78, 5) is 5.54. The predicted molar refractivity (Wildman–Crippen MR) is 82.3 cm³/mol. The summed E-state index contributed by atoms with van der Waals surface area (Å²) in [6.07, 6.45) is 4.70. The zero-order valence-electron chi connectivity index (χ0n) is 11.3. The number of rotatable bonds is 4. The minimum atomic E-state index is 0.288. The van der Waals surface area contributed by atoms with Gasteiger partial charge in [-0.3, -0.25) is 5.10 Å². The summed E-state index contributed by atoms with van der Waals surface area (Å²) < 4.78 is 2.96. The first-order valence-electron chi connectivity index (χ1n) is 6.43. The van der Waals surface area contributed by atoms with Gasteiger partial charge in [-0.15, -0.1) is 11.3 Å². The number of thiophene rings is 1. The highest BCUT2D eigenvalue weighted by Crippen LogP contribution is 2.31. The molecule has 0 spiro atoms. The largest absolute Gasteiger partial charge is 0.327 e. The fraction of sp³-hybridized carbons (Fsp3) is 0.286. The fourth-order valence-electron chi connectivity index (χ4n) is 2.27. The first kappa shape index (κ1) is 13.4. The average molecular weight is 307 g/mol. The molecule has 0 bridgehead atoms. The fourth-order valence-corrected chi connectivity index (χ4v) is 3.32. The molecule has 0 aromatic carbocycles. The number of nitrogens with one attached hydrogen (secondary N) is 1. The molecule has 3 aromatic rings. The maximum atomic E-state index is 6.01. The molecule has 0 aliphatic rings. The molecule has 3 rings (SSSR count). The molecule has 6 heteroatoms. The Morgan fingerprint density at radius 1 is 1.45 bits per heavy atom. The average Bonchev–Trinajstić information content (AvgIpc) is 3.09. The molecule has 0 radical (unpaired) electrons. The molecule has 0 unspecified atom stereocenters. The summed E-state index contributed by atoms with van der Waals surface area (Å²) in [5, 5.41) is 7.27. The van der Waals surface area contributed by atoms with Gasteiger partial charge < -0.3 is 4.57 Å². The van der Waals surface area contributed by atoms with Crippen LogP contribution < -0.4 is 0 Å². The lowest BCUT2D eigenvalue weighted by atomic mass is 10.1. The topological polar surface area (TPSA) is 46.5 Å². The van der Waals surface area contributed by atoms with Crippen LogP contribution in [0.2, 0.25) is 4.34 Å². The first-order valence-corrected chi connectivity index (χ1v) is 7.62. The molecule has 3 heterocycles. The molecule has 1 atom stereocenters. The number of hydrogen-bond acceptors (Lipinski definition) is 3. The molecule has 104 valence electrons. The molecular formula is C14H15ClN4S. The number of aryl methyl sites for hydroxylation is 1. The number of imidazole rings is 1. The van der Waals surface area contributed by atoms with Gasteiger partial charge in [0, 0.05) is 30.6 Å². The summed E-state index contributed by atoms with van der Waals surface area (Å²) in [5.41, 5.74) is 2.15. The van der Waals surface area contributed by atoms with Crippen LogP contribution in [0.25, 0.3) is 10.7 Å². The zero-order chi connectivity index (χ0) is 14.1. The van der Waals surface area contributed by atoms with Gasteiger partial charge in [-0.2, -0.15) is 5.10 Å². The van der Waals surface area contributed by atoms with Crippen molar-refractivity contribution < 1.29 is 0 Å². The molecule has 0 fully saturated rings. The van der Waals surface area contributed by atoms with E-state index in [1.54, 1.807) is 11.3 Å². The monoisotopic (exact) mass is 306 g/mol. The normalized spacial score (nSPS) is 12.8. The first-order chi connectivity index (χ1) is 9.63. The Morgan fingerprint density at radius 3 is 2.95 bits per heavy atom. The number of H-pyrrole nitrogens is 1. The van der Waals surface area contributed by atoms with E-state index in [2.05, 4.69) is 32.7 Å². The molecule has 3 aromatic heterocycles. The molecule has 0 saturated carbocycles. The third-order valence-electron chi connectivity index (χ3n) is 3.20. The summed E-state index contributed by atoms with van der Waals surface area (Å²) in [7, 11) is 0. The maximum Gasteiger partial charge on any atom is 0.150 e. The van der Waals surface area contributed by atoms with Gasteiger partial charge in [-0.05, 0) is 32.0 Å². The number of halogens is 1. The second kappa shape index (κ2) is 5.42. The van der Waals surface area contributed by atoms with Gasteiger partial charge >= 0.3 is 0 Å². The van der Waals surface area contributed by atoms with E-state index in [0.29, 0.717) is 0 Å². The number of hydrogen-bond donors (Lipinski definition) is 1. The van der Waals surface area contributed by atoms with Crippen molar-refractivity contribution in [3.8, 4) is 10.7 Å². The van der Waals surface area contributed by atoms with Crippen molar-refractivity contribution in [3.05, 3.63) is 46.3 Å². The van der Waals surface area contributed by atoms with Crippen LogP contribution in [0, 0.1) is 6.92 Å². The van der Waals surface area contributed by atoms with Crippen LogP contribution >= 0.6 is 22.9 Å². The minimum Gasteiger partial charge on any atom is -0.327 e. The number of aromatic amines is 1. The minimum absolute atomic E-state index is 0.288. The van der Waals surface area contributed by atoms with Crippen LogP contribution in [0.15, 0.2) is 30.6 Å². The Labute approximate surface area is 126 Å². The van der Waals surface area contributed by atoms with Gasteiger partial charge in [0.2, 0.25) is 0 Å². The van der Waals surface area contributed by atoms with Crippen molar-refractivity contribution in [2.45, 2.75) is 26.3 Å². The van der Waals surface area contributed by atoms with Crippen LogP contribution in [-0.4, -0.2) is 19.7 Å². The van der Waals surface area contributed by atoms with E-state index >= 15 is 0 Å². The SMILES string of the molecule is Cc1cc(C[C@H](C)n2ccnc2-c2ccc(Cl)s2)n[nH]1. The van der Waals surface area contributed by atoms with Gasteiger partial charge in [-0.25, -0.2) is 4.98 Å². The Hall–Kier alpha value is -1.59. The molecule has 20 heavy (non-hydrogen) atoms. The third-order valence-corrected chi connectivity index (χ3v) is 4.43. The lowest BCUT2D eigenvalue weighted by Crippen LogP contribution is -2.09. The highest BCUT2D eigenvalue weighted by molar-refractivity contribution is 7.19. The second-order valence-corrected chi connectivity index (χ2v) is 6.57. The van der Waals surface area contributed by atoms with E-state index < -0.39 is 0 Å². The molecule has 0 amide bonds. The smallest absolute Gasteiger partial charge is 0.150 e. The molecule has 0 aliphatic heterocycles. The van der Waals surface area contributed by atoms with Crippen molar-refractivity contribution in [2.24, 2.45) is 0 Å². The van der Waals surface area contributed by atoms with Gasteiger partial charge in [-0.1, -0.05) is 11.6 Å². The highest BCUT2D eigenvalue weighted by Gasteiger charge is 2.14. The Bertz CT molecular complexity index is 712. The van der Waals surface area contributed by atoms with Gasteiger partial charge in [0.05, 0.1) is 14.9 Å². The van der Waals surface area contributed by atoms with E-state index in [1.165, 1.54) is 0 Å². The zero-order valence-corrected chi connectivity index (χ0v) is 12.9. The molecule has 0 aliphatic carbocycles. The summed E-state index contributed by atoms with van der Waals surface area (Å²) in [5.74, 6) is 0.960. The van der Waals surface area contributed by atoms with Crippen molar-refractivity contribution in [3.63, 3.8) is 0 Å². The van der Waals surface area contributed by atoms with Gasteiger partial charge in [0.25, 0.3) is 0 Å². The van der Waals surface area contributed by atoms with E-state index in [9.17, 15) is 0 Å². The Kier molecular flexibility index (Phi) is 3.63. The molecule has 1 N–H and O–H groups in total. The molecule has 4 nitrogen and oxygen atoms in total. The number of aromatic nitrogens is 4. The van der Waals surface area contributed by atoms with Gasteiger partial charge in [0.1, 0.15) is 5.82 Å². The highest BCUT2D eigenvalue weighted by atomic mass is 35.5. The van der Waals surface area contributed by atoms with Crippen molar-refractivity contribution in [1.82, 2.24) is 19.7 Å². The summed E-state index contributed by atoms with van der Waals surface area (Å²) >= 11 is 7.56. The van der Waals surface area contributed by atoms with Gasteiger partial charge in [0.15, 0.2) is 0 Å². The Balaban J connectivity index is 1.85. The quantitative estimate of drug-likeness (QED) is 0.789. The lowest BCUT2D eigenvalue weighted by Gasteiger charge is -2.14. The van der Waals surface area contributed by atoms with E-state index in [4.69, 9.17) is 11.6 Å². The maximum absolute atomic E-state index is 6.01. The van der Waals surface area contributed by atoms with Crippen LogP contribution in [0.3, 0.4) is 0 Å². The van der Waals surface area contributed by atoms with Crippen LogP contribution in [0.1, 0.15) is 24.4 Å². The van der Waals surface area contributed by atoms with E-state index in [1.807, 2.05) is 31.5 Å². The molecular weight excluding hydrogens is 292 g/mol.